The van der Waals surface area contributed by atoms with Gasteiger partial charge in [0.2, 0.25) is 0 Å². The maximum atomic E-state index is 2.38. The van der Waals surface area contributed by atoms with Crippen LogP contribution in [0.4, 0.5) is 0 Å². The molecule has 10 aromatic carbocycles. The van der Waals surface area contributed by atoms with Gasteiger partial charge in [0.05, 0.1) is 0 Å². The molecule has 0 bridgehead atoms. The van der Waals surface area contributed by atoms with Crippen molar-refractivity contribution in [2.24, 2.45) is 0 Å². The summed E-state index contributed by atoms with van der Waals surface area (Å²) in [7, 11) is 0. The first-order valence-electron chi connectivity index (χ1n) is 12.7. The van der Waals surface area contributed by atoms with E-state index >= 15 is 0 Å². The molecule has 10 rings (SSSR count). The Morgan fingerprint density at radius 1 is 0.167 bits per heavy atom. The largest absolute Gasteiger partial charge is 0.0616 e. The van der Waals surface area contributed by atoms with Crippen LogP contribution in [0.2, 0.25) is 0 Å². The quantitative estimate of drug-likeness (QED) is 0.202. The fourth-order valence-corrected chi connectivity index (χ4v) is 7.65. The zero-order valence-corrected chi connectivity index (χ0v) is 19.4. The van der Waals surface area contributed by atoms with Crippen LogP contribution in [0.1, 0.15) is 0 Å². The number of fused-ring (bicyclic) bond motifs is 12. The van der Waals surface area contributed by atoms with E-state index in [1.165, 1.54) is 97.0 Å². The van der Waals surface area contributed by atoms with Crippen LogP contribution in [-0.4, -0.2) is 0 Å². The molecular weight excluding hydrogens is 432 g/mol. The fourth-order valence-electron chi connectivity index (χ4n) is 7.65. The molecule has 0 nitrogen and oxygen atoms in total. The second kappa shape index (κ2) is 5.75. The molecule has 0 heterocycles. The van der Waals surface area contributed by atoms with E-state index in [1.807, 2.05) is 0 Å². The summed E-state index contributed by atoms with van der Waals surface area (Å²) in [6, 6.07) is 40.9. The van der Waals surface area contributed by atoms with E-state index in [4.69, 9.17) is 0 Å². The third kappa shape index (κ3) is 1.74. The van der Waals surface area contributed by atoms with Gasteiger partial charge in [0, 0.05) is 0 Å². The van der Waals surface area contributed by atoms with Gasteiger partial charge in [-0.15, -0.1) is 0 Å². The second-order valence-electron chi connectivity index (χ2n) is 10.3. The average molecular weight is 451 g/mol. The Morgan fingerprint density at radius 2 is 0.389 bits per heavy atom. The van der Waals surface area contributed by atoms with E-state index in [-0.39, 0.29) is 0 Å². The molecule has 0 unspecified atom stereocenters. The predicted octanol–water partition coefficient (Wildman–Crippen LogP) is 10.4. The molecule has 0 fully saturated rings. The summed E-state index contributed by atoms with van der Waals surface area (Å²) < 4.78 is 0. The molecule has 0 radical (unpaired) electrons. The van der Waals surface area contributed by atoms with Crippen molar-refractivity contribution >= 4 is 97.0 Å². The van der Waals surface area contributed by atoms with Crippen molar-refractivity contribution in [2.45, 2.75) is 0 Å². The lowest BCUT2D eigenvalue weighted by Gasteiger charge is -2.16. The molecule has 0 saturated heterocycles. The van der Waals surface area contributed by atoms with Crippen LogP contribution in [0.15, 0.2) is 109 Å². The first-order chi connectivity index (χ1) is 17.9. The standard InChI is InChI=1S/C36H18/c1-3-11-21-19(9-1)27-17-18-28-20-10-2-4-12-22(20)30-24-14-6-8-16-26(24)31-25-15-7-5-13-23(25)29(21)34-32(27)33(28)35(30)36(31)34/h1-18H. The molecule has 0 N–H and O–H groups in total. The molecule has 0 aliphatic heterocycles. The van der Waals surface area contributed by atoms with Crippen molar-refractivity contribution in [3.8, 4) is 0 Å². The van der Waals surface area contributed by atoms with Gasteiger partial charge in [0.15, 0.2) is 0 Å². The molecule has 0 atom stereocenters. The Bertz CT molecular complexity index is 2340. The van der Waals surface area contributed by atoms with Gasteiger partial charge in [0.1, 0.15) is 0 Å². The van der Waals surface area contributed by atoms with Gasteiger partial charge >= 0.3 is 0 Å². The zero-order chi connectivity index (χ0) is 23.1. The highest BCUT2D eigenvalue weighted by atomic mass is 14.3. The minimum Gasteiger partial charge on any atom is -0.0616 e. The zero-order valence-electron chi connectivity index (χ0n) is 19.4. The van der Waals surface area contributed by atoms with Crippen LogP contribution in [0, 0.1) is 0 Å². The Labute approximate surface area is 206 Å². The van der Waals surface area contributed by atoms with Gasteiger partial charge in [-0.3, -0.25) is 0 Å². The number of rotatable bonds is 0. The highest BCUT2D eigenvalue weighted by Gasteiger charge is 2.27. The normalized spacial score (nSPS) is 13.0. The topological polar surface area (TPSA) is 0 Å². The smallest absolute Gasteiger partial charge is 0.0000483 e. The van der Waals surface area contributed by atoms with Crippen LogP contribution in [-0.2, 0) is 0 Å². The lowest BCUT2D eigenvalue weighted by molar-refractivity contribution is 1.81. The molecular formula is C36H18. The molecule has 0 heteroatoms. The Kier molecular flexibility index (Phi) is 2.83. The molecule has 0 aliphatic carbocycles. The first kappa shape index (κ1) is 17.7. The Balaban J connectivity index is 1.79. The first-order valence-corrected chi connectivity index (χ1v) is 12.7. The third-order valence-electron chi connectivity index (χ3n) is 8.86. The Morgan fingerprint density at radius 3 is 0.722 bits per heavy atom. The molecule has 0 saturated carbocycles. The summed E-state index contributed by atoms with van der Waals surface area (Å²) in [4.78, 5) is 0. The monoisotopic (exact) mass is 450 g/mol. The lowest BCUT2D eigenvalue weighted by atomic mass is 9.86. The van der Waals surface area contributed by atoms with Crippen LogP contribution < -0.4 is 0 Å². The number of hydrogen-bond donors (Lipinski definition) is 0. The summed E-state index contributed by atoms with van der Waals surface area (Å²) in [5, 5.41) is 25.1. The minimum absolute atomic E-state index is 1.35. The maximum absolute atomic E-state index is 2.38. The van der Waals surface area contributed by atoms with Crippen LogP contribution >= 0.6 is 0 Å². The van der Waals surface area contributed by atoms with Crippen molar-refractivity contribution in [1.29, 1.82) is 0 Å². The lowest BCUT2D eigenvalue weighted by Crippen LogP contribution is -1.87. The van der Waals surface area contributed by atoms with E-state index in [0.29, 0.717) is 0 Å². The van der Waals surface area contributed by atoms with E-state index < -0.39 is 0 Å². The van der Waals surface area contributed by atoms with Crippen molar-refractivity contribution < 1.29 is 0 Å². The summed E-state index contributed by atoms with van der Waals surface area (Å²) in [5.41, 5.74) is 0. The highest BCUT2D eigenvalue weighted by molar-refractivity contribution is 6.57. The van der Waals surface area contributed by atoms with Crippen molar-refractivity contribution in [3.05, 3.63) is 109 Å². The number of benzene rings is 9. The summed E-state index contributed by atoms with van der Waals surface area (Å²) in [6.07, 6.45) is 0. The molecule has 0 amide bonds. The van der Waals surface area contributed by atoms with Gasteiger partial charge in [-0.05, 0) is 97.0 Å². The third-order valence-corrected chi connectivity index (χ3v) is 8.86. The van der Waals surface area contributed by atoms with E-state index in [2.05, 4.69) is 109 Å². The van der Waals surface area contributed by atoms with Crippen LogP contribution in [0.3, 0.4) is 0 Å². The van der Waals surface area contributed by atoms with Crippen molar-refractivity contribution in [3.63, 3.8) is 0 Å². The highest BCUT2D eigenvalue weighted by Crippen LogP contribution is 2.56. The maximum Gasteiger partial charge on any atom is -0.0000483 e. The fraction of sp³-hybridized carbons (Fsp3) is 0. The summed E-state index contributed by atoms with van der Waals surface area (Å²) in [5.74, 6) is 0. The molecule has 36 heavy (non-hydrogen) atoms. The Hall–Kier alpha value is -4.68. The van der Waals surface area contributed by atoms with Crippen LogP contribution in [0.25, 0.3) is 97.0 Å². The molecule has 0 aliphatic rings. The van der Waals surface area contributed by atoms with Gasteiger partial charge in [0.25, 0.3) is 0 Å². The van der Waals surface area contributed by atoms with Gasteiger partial charge in [-0.1, -0.05) is 109 Å². The summed E-state index contributed by atoms with van der Waals surface area (Å²) in [6.45, 7) is 0. The molecule has 162 valence electrons. The van der Waals surface area contributed by atoms with E-state index in [9.17, 15) is 0 Å². The van der Waals surface area contributed by atoms with Crippen molar-refractivity contribution in [2.75, 3.05) is 0 Å². The molecule has 0 spiro atoms. The molecule has 10 aromatic rings. The molecule has 0 aromatic heterocycles. The second-order valence-corrected chi connectivity index (χ2v) is 10.3. The average Bonchev–Trinajstić information content (AvgIpc) is 3.30. The van der Waals surface area contributed by atoms with Crippen molar-refractivity contribution in [1.82, 2.24) is 0 Å². The van der Waals surface area contributed by atoms with Gasteiger partial charge in [-0.25, -0.2) is 0 Å². The van der Waals surface area contributed by atoms with Gasteiger partial charge < -0.3 is 0 Å². The number of hydrogen-bond acceptors (Lipinski definition) is 0. The minimum atomic E-state index is 1.35. The SMILES string of the molecule is c1ccc2c(c1)c1ccc3c4ccccc4c4c5ccccc5c5c6ccccc6c2c2c1c3c4c52. The van der Waals surface area contributed by atoms with E-state index in [0.717, 1.165) is 0 Å². The predicted molar refractivity (Wildman–Crippen MR) is 158 cm³/mol. The van der Waals surface area contributed by atoms with Gasteiger partial charge in [-0.2, -0.15) is 0 Å². The van der Waals surface area contributed by atoms with E-state index in [1.54, 1.807) is 0 Å². The summed E-state index contributed by atoms with van der Waals surface area (Å²) >= 11 is 0. The van der Waals surface area contributed by atoms with Crippen LogP contribution in [0.5, 0.6) is 0 Å².